The number of nitrogens with two attached hydrogens (primary N) is 1. The molecule has 1 saturated heterocycles. The van der Waals surface area contributed by atoms with Gasteiger partial charge in [-0.2, -0.15) is 0 Å². The van der Waals surface area contributed by atoms with Gasteiger partial charge in [-0.25, -0.2) is 4.79 Å². The van der Waals surface area contributed by atoms with Crippen LogP contribution in [0.3, 0.4) is 0 Å². The molecule has 1 rings (SSSR count). The molecule has 160 valence electrons. The van der Waals surface area contributed by atoms with Crippen LogP contribution in [0.15, 0.2) is 0 Å². The van der Waals surface area contributed by atoms with Crippen molar-refractivity contribution in [1.29, 1.82) is 0 Å². The van der Waals surface area contributed by atoms with Gasteiger partial charge in [0.1, 0.15) is 7.14 Å². The molecule has 27 heavy (non-hydrogen) atoms. The molecule has 0 aromatic heterocycles. The van der Waals surface area contributed by atoms with Gasteiger partial charge in [0.25, 0.3) is 0 Å². The van der Waals surface area contributed by atoms with Gasteiger partial charge in [-0.3, -0.25) is 0 Å². The van der Waals surface area contributed by atoms with Gasteiger partial charge in [0.15, 0.2) is 5.28 Å². The zero-order valence-corrected chi connectivity index (χ0v) is 18.1. The molecule has 0 radical (unpaired) electrons. The first-order valence-electron chi connectivity index (χ1n) is 11.2. The highest BCUT2D eigenvalue weighted by molar-refractivity contribution is 7.66. The Labute approximate surface area is 165 Å². The van der Waals surface area contributed by atoms with Crippen molar-refractivity contribution in [2.24, 2.45) is 5.73 Å². The molecule has 1 unspecified atom stereocenters. The minimum Gasteiger partial charge on any atom is -0.479 e. The summed E-state index contributed by atoms with van der Waals surface area (Å²) in [7, 11) is -3.18. The number of aliphatic hydroxyl groups excluding tert-OH is 1. The molecule has 0 bridgehead atoms. The maximum absolute atomic E-state index is 13.5. The van der Waals surface area contributed by atoms with Gasteiger partial charge in [-0.05, 0) is 12.8 Å². The maximum Gasteiger partial charge on any atom is 0.333 e. The van der Waals surface area contributed by atoms with Gasteiger partial charge in [0.2, 0.25) is 0 Å². The monoisotopic (exact) mass is 403 g/mol. The third-order valence-electron chi connectivity index (χ3n) is 6.13. The van der Waals surface area contributed by atoms with E-state index in [1.165, 1.54) is 64.2 Å². The van der Waals surface area contributed by atoms with E-state index in [-0.39, 0.29) is 0 Å². The van der Waals surface area contributed by atoms with Crippen LogP contribution in [0.25, 0.3) is 0 Å². The van der Waals surface area contributed by atoms with Crippen LogP contribution in [-0.2, 0) is 9.36 Å². The summed E-state index contributed by atoms with van der Waals surface area (Å²) in [6, 6.07) is 0. The van der Waals surface area contributed by atoms with E-state index in [4.69, 9.17) is 5.73 Å². The number of rotatable bonds is 3. The standard InChI is InChI=1S/C21H42NO4P/c22-21(19-23,20(24)25)27(26)17-15-13-11-9-7-5-3-1-2-4-6-8-10-12-14-16-18-27/h23H,1-19,22H2,(H,24,25). The van der Waals surface area contributed by atoms with Crippen LogP contribution >= 0.6 is 7.14 Å². The minimum absolute atomic E-state index is 0.344. The second kappa shape index (κ2) is 13.7. The first-order chi connectivity index (χ1) is 13.0. The van der Waals surface area contributed by atoms with E-state index < -0.39 is 25.0 Å². The summed E-state index contributed by atoms with van der Waals surface area (Å²) >= 11 is 0. The molecule has 0 aliphatic carbocycles. The molecule has 1 aliphatic heterocycles. The Morgan fingerprint density at radius 3 is 1.19 bits per heavy atom. The number of aliphatic carboxylic acids is 1. The third kappa shape index (κ3) is 8.66. The topological polar surface area (TPSA) is 101 Å². The van der Waals surface area contributed by atoms with Crippen molar-refractivity contribution in [2.45, 2.75) is 108 Å². The van der Waals surface area contributed by atoms with Crippen molar-refractivity contribution in [1.82, 2.24) is 0 Å². The van der Waals surface area contributed by atoms with Gasteiger partial charge in [-0.1, -0.05) is 89.9 Å². The normalized spacial score (nSPS) is 24.7. The molecular weight excluding hydrogens is 361 g/mol. The van der Waals surface area contributed by atoms with Crippen LogP contribution in [-0.4, -0.2) is 40.4 Å². The number of aliphatic hydroxyl groups is 1. The summed E-state index contributed by atoms with van der Waals surface area (Å²) in [5.74, 6) is -1.33. The Morgan fingerprint density at radius 1 is 0.704 bits per heavy atom. The van der Waals surface area contributed by atoms with Crippen molar-refractivity contribution < 1.29 is 19.6 Å². The molecule has 6 heteroatoms. The van der Waals surface area contributed by atoms with Gasteiger partial charge < -0.3 is 20.5 Å². The van der Waals surface area contributed by atoms with Crippen LogP contribution < -0.4 is 5.73 Å². The van der Waals surface area contributed by atoms with Crippen molar-refractivity contribution in [3.8, 4) is 0 Å². The Bertz CT molecular complexity index is 433. The molecule has 1 atom stereocenters. The lowest BCUT2D eigenvalue weighted by molar-refractivity contribution is -0.141. The molecule has 0 saturated carbocycles. The lowest BCUT2D eigenvalue weighted by Gasteiger charge is -2.32. The van der Waals surface area contributed by atoms with Crippen molar-refractivity contribution >= 4 is 13.1 Å². The van der Waals surface area contributed by atoms with Crippen LogP contribution in [0.4, 0.5) is 0 Å². The average Bonchev–Trinajstić information content (AvgIpc) is 2.65. The maximum atomic E-state index is 13.5. The number of carboxylic acids is 1. The molecule has 0 aromatic rings. The molecule has 4 N–H and O–H groups in total. The van der Waals surface area contributed by atoms with E-state index in [1.807, 2.05) is 0 Å². The summed E-state index contributed by atoms with van der Waals surface area (Å²) in [6.07, 6.45) is 19.2. The lowest BCUT2D eigenvalue weighted by Crippen LogP contribution is -2.52. The quantitative estimate of drug-likeness (QED) is 0.552. The van der Waals surface area contributed by atoms with Crippen molar-refractivity contribution in [3.63, 3.8) is 0 Å². The molecule has 0 amide bonds. The Balaban J connectivity index is 2.65. The smallest absolute Gasteiger partial charge is 0.333 e. The fourth-order valence-electron chi connectivity index (χ4n) is 4.09. The highest BCUT2D eigenvalue weighted by Crippen LogP contribution is 2.56. The number of hydrogen-bond donors (Lipinski definition) is 3. The predicted molar refractivity (Wildman–Crippen MR) is 113 cm³/mol. The third-order valence-corrected chi connectivity index (χ3v) is 9.99. The molecule has 0 spiro atoms. The first-order valence-corrected chi connectivity index (χ1v) is 13.3. The number of carboxylic acid groups (broad SMARTS) is 1. The van der Waals surface area contributed by atoms with Gasteiger partial charge in [-0.15, -0.1) is 0 Å². The summed E-state index contributed by atoms with van der Waals surface area (Å²) < 4.78 is 13.5. The van der Waals surface area contributed by atoms with E-state index in [0.29, 0.717) is 12.3 Å². The van der Waals surface area contributed by atoms with E-state index in [2.05, 4.69) is 0 Å². The van der Waals surface area contributed by atoms with E-state index in [1.54, 1.807) is 0 Å². The predicted octanol–water partition coefficient (Wildman–Crippen LogP) is 5.34. The zero-order valence-electron chi connectivity index (χ0n) is 17.2. The van der Waals surface area contributed by atoms with Crippen LogP contribution in [0.5, 0.6) is 0 Å². The summed E-state index contributed by atoms with van der Waals surface area (Å²) in [6.45, 7) is -0.750. The Kier molecular flexibility index (Phi) is 12.5. The van der Waals surface area contributed by atoms with E-state index in [9.17, 15) is 19.6 Å². The minimum atomic E-state index is -3.18. The summed E-state index contributed by atoms with van der Waals surface area (Å²) in [5, 5.41) is 17.2. The van der Waals surface area contributed by atoms with Gasteiger partial charge >= 0.3 is 5.97 Å². The molecule has 1 fully saturated rings. The molecule has 1 heterocycles. The molecule has 5 nitrogen and oxygen atoms in total. The molecular formula is C21H42NO4P. The zero-order chi connectivity index (χ0) is 20.0. The second-order valence-electron chi connectivity index (χ2n) is 8.38. The largest absolute Gasteiger partial charge is 0.479 e. The fourth-order valence-corrected chi connectivity index (χ4v) is 7.19. The first kappa shape index (κ1) is 24.7. The van der Waals surface area contributed by atoms with Crippen molar-refractivity contribution in [3.05, 3.63) is 0 Å². The molecule has 0 aromatic carbocycles. The van der Waals surface area contributed by atoms with E-state index in [0.717, 1.165) is 38.5 Å². The molecule has 1 aliphatic rings. The fraction of sp³-hybridized carbons (Fsp3) is 0.952. The Morgan fingerprint density at radius 2 is 0.963 bits per heavy atom. The number of hydrogen-bond acceptors (Lipinski definition) is 4. The van der Waals surface area contributed by atoms with Gasteiger partial charge in [0.05, 0.1) is 6.61 Å². The lowest BCUT2D eigenvalue weighted by atomic mass is 10.0. The van der Waals surface area contributed by atoms with Crippen molar-refractivity contribution in [2.75, 3.05) is 18.9 Å². The second-order valence-corrected chi connectivity index (χ2v) is 11.9. The van der Waals surface area contributed by atoms with Crippen LogP contribution in [0.1, 0.15) is 103 Å². The SMILES string of the molecule is NC(CO)(C(=O)O)P1(=O)CCCCCCCCCCCCCCCCCC1. The highest BCUT2D eigenvalue weighted by atomic mass is 31.2. The summed E-state index contributed by atoms with van der Waals surface area (Å²) in [4.78, 5) is 11.7. The van der Waals surface area contributed by atoms with E-state index >= 15 is 0 Å². The van der Waals surface area contributed by atoms with Crippen LogP contribution in [0.2, 0.25) is 0 Å². The highest BCUT2D eigenvalue weighted by Gasteiger charge is 2.49. The number of carbonyl (C=O) groups is 1. The Hall–Kier alpha value is -0.380. The van der Waals surface area contributed by atoms with Gasteiger partial charge in [0, 0.05) is 12.3 Å². The average molecular weight is 404 g/mol. The summed E-state index contributed by atoms with van der Waals surface area (Å²) in [5.41, 5.74) is 5.97. The van der Waals surface area contributed by atoms with Crippen LogP contribution in [0, 0.1) is 0 Å².